The van der Waals surface area contributed by atoms with Crippen LogP contribution in [0.2, 0.25) is 18.1 Å². The zero-order valence-electron chi connectivity index (χ0n) is 17.1. The highest BCUT2D eigenvalue weighted by Crippen LogP contribution is 2.39. The maximum absolute atomic E-state index is 10.9. The van der Waals surface area contributed by atoms with E-state index in [1.807, 2.05) is 43.4 Å². The van der Waals surface area contributed by atoms with Crippen LogP contribution >= 0.6 is 0 Å². The Hall–Kier alpha value is -1.45. The average molecular weight is 410 g/mol. The van der Waals surface area contributed by atoms with E-state index in [1.165, 1.54) is 0 Å². The predicted molar refractivity (Wildman–Crippen MR) is 108 cm³/mol. The lowest BCUT2D eigenvalue weighted by molar-refractivity contribution is -0.255. The van der Waals surface area contributed by atoms with E-state index in [4.69, 9.17) is 19.4 Å². The molecule has 0 aromatic heterocycles. The van der Waals surface area contributed by atoms with Crippen molar-refractivity contribution in [3.63, 3.8) is 0 Å². The Morgan fingerprint density at radius 1 is 1.25 bits per heavy atom. The molecule has 2 rings (SSSR count). The first-order valence-electron chi connectivity index (χ1n) is 9.42. The third kappa shape index (κ3) is 5.33. The van der Waals surface area contributed by atoms with Gasteiger partial charge >= 0.3 is 0 Å². The molecular weight excluding hydrogens is 378 g/mol. The molecule has 0 radical (unpaired) electrons. The predicted octanol–water partition coefficient (Wildman–Crippen LogP) is 3.35. The van der Waals surface area contributed by atoms with Gasteiger partial charge in [-0.2, -0.15) is 0 Å². The average Bonchev–Trinajstić information content (AvgIpc) is 2.63. The molecule has 1 aromatic rings. The van der Waals surface area contributed by atoms with Crippen LogP contribution in [0.1, 0.15) is 26.3 Å². The highest BCUT2D eigenvalue weighted by molar-refractivity contribution is 6.74. The van der Waals surface area contributed by atoms with Crippen LogP contribution in [0.5, 0.6) is 0 Å². The Balaban J connectivity index is 2.20. The molecular formula is C19H31N3O5Si. The van der Waals surface area contributed by atoms with Gasteiger partial charge in [0.05, 0.1) is 19.3 Å². The fraction of sp³-hybridized carbons (Fsp3) is 0.684. The lowest BCUT2D eigenvalue weighted by Crippen LogP contribution is -2.61. The van der Waals surface area contributed by atoms with Gasteiger partial charge in [0, 0.05) is 4.91 Å². The summed E-state index contributed by atoms with van der Waals surface area (Å²) >= 11 is 0. The Labute approximate surface area is 167 Å². The molecule has 9 heteroatoms. The van der Waals surface area contributed by atoms with Crippen molar-refractivity contribution in [1.29, 1.82) is 0 Å². The summed E-state index contributed by atoms with van der Waals surface area (Å²) in [5.74, 6) is 0. The van der Waals surface area contributed by atoms with Gasteiger partial charge in [0.2, 0.25) is 0 Å². The van der Waals surface area contributed by atoms with Crippen LogP contribution in [0.4, 0.5) is 0 Å². The van der Waals surface area contributed by atoms with Crippen molar-refractivity contribution in [3.05, 3.63) is 46.3 Å². The molecule has 2 N–H and O–H groups in total. The highest BCUT2D eigenvalue weighted by Gasteiger charge is 2.49. The second-order valence-corrected chi connectivity index (χ2v) is 13.3. The van der Waals surface area contributed by atoms with Crippen LogP contribution in [0, 0.1) is 0 Å². The highest BCUT2D eigenvalue weighted by atomic mass is 28.4. The minimum atomic E-state index is -2.27. The molecule has 1 aliphatic heterocycles. The number of hydrogen-bond acceptors (Lipinski definition) is 6. The van der Waals surface area contributed by atoms with Gasteiger partial charge in [0.25, 0.3) is 0 Å². The fourth-order valence-electron chi connectivity index (χ4n) is 2.77. The molecule has 0 amide bonds. The molecule has 1 fully saturated rings. The number of benzene rings is 1. The molecule has 156 valence electrons. The van der Waals surface area contributed by atoms with Gasteiger partial charge in [-0.05, 0) is 29.2 Å². The van der Waals surface area contributed by atoms with Gasteiger partial charge in [0.1, 0.15) is 18.2 Å². The summed E-state index contributed by atoms with van der Waals surface area (Å²) in [5.41, 5.74) is 9.91. The number of hydrogen-bond donors (Lipinski definition) is 2. The van der Waals surface area contributed by atoms with Crippen molar-refractivity contribution in [2.75, 3.05) is 6.61 Å². The second-order valence-electron chi connectivity index (χ2n) is 8.55. The zero-order chi connectivity index (χ0) is 20.9. The fourth-order valence-corrected chi connectivity index (χ4v) is 3.90. The largest absolute Gasteiger partial charge is 0.394 e. The summed E-state index contributed by atoms with van der Waals surface area (Å²) in [6.07, 6.45) is -3.75. The van der Waals surface area contributed by atoms with Gasteiger partial charge < -0.3 is 24.1 Å². The molecule has 0 bridgehead atoms. The molecule has 1 heterocycles. The molecule has 1 aliphatic rings. The molecule has 1 aromatic carbocycles. The first-order chi connectivity index (χ1) is 13.1. The normalized spacial score (nSPS) is 28.6. The maximum Gasteiger partial charge on any atom is 0.195 e. The molecule has 5 atom stereocenters. The smallest absolute Gasteiger partial charge is 0.195 e. The maximum atomic E-state index is 10.9. The number of aliphatic hydroxyl groups is 2. The third-order valence-electron chi connectivity index (χ3n) is 5.51. The van der Waals surface area contributed by atoms with E-state index in [0.717, 1.165) is 5.56 Å². The van der Waals surface area contributed by atoms with E-state index in [-0.39, 0.29) is 18.3 Å². The van der Waals surface area contributed by atoms with Crippen molar-refractivity contribution >= 4 is 8.32 Å². The van der Waals surface area contributed by atoms with Crippen LogP contribution in [0.25, 0.3) is 10.4 Å². The van der Waals surface area contributed by atoms with E-state index in [2.05, 4.69) is 30.8 Å². The molecule has 0 saturated carbocycles. The standard InChI is InChI=1S/C19H31N3O5Si/c1-19(2,3)28(4,5)27-18-15(21-22-20)16(24)17(14(11-23)26-18)25-12-13-9-7-6-8-10-13/h6-10,14-18,23-24H,11-12H2,1-5H3/t14-,15-,16-,17-,18+/m1/s1. The number of nitrogens with zero attached hydrogens (tertiary/aromatic N) is 3. The van der Waals surface area contributed by atoms with Crippen molar-refractivity contribution < 1.29 is 24.1 Å². The van der Waals surface area contributed by atoms with Gasteiger partial charge in [-0.1, -0.05) is 56.2 Å². The van der Waals surface area contributed by atoms with Crippen LogP contribution in [0.3, 0.4) is 0 Å². The summed E-state index contributed by atoms with van der Waals surface area (Å²) in [7, 11) is -2.27. The summed E-state index contributed by atoms with van der Waals surface area (Å²) in [5, 5.41) is 24.3. The minimum absolute atomic E-state index is 0.0996. The molecule has 0 unspecified atom stereocenters. The third-order valence-corrected chi connectivity index (χ3v) is 9.94. The molecule has 8 nitrogen and oxygen atoms in total. The van der Waals surface area contributed by atoms with Crippen LogP contribution in [0.15, 0.2) is 35.4 Å². The molecule has 0 aliphatic carbocycles. The number of ether oxygens (including phenoxy) is 2. The second kappa shape index (κ2) is 9.36. The molecule has 0 spiro atoms. The van der Waals surface area contributed by atoms with Crippen LogP contribution < -0.4 is 0 Å². The van der Waals surface area contributed by atoms with E-state index in [1.54, 1.807) is 0 Å². The summed E-state index contributed by atoms with van der Waals surface area (Å²) in [6.45, 7) is 10.2. The summed E-state index contributed by atoms with van der Waals surface area (Å²) < 4.78 is 18.0. The SMILES string of the molecule is CC(C)(C)[Si](C)(C)O[C@@H]1O[C@H](CO)[C@@H](OCc2ccccc2)[C@H](O)[C@H]1N=[N+]=[N-]. The Morgan fingerprint density at radius 3 is 2.43 bits per heavy atom. The van der Waals surface area contributed by atoms with E-state index >= 15 is 0 Å². The minimum Gasteiger partial charge on any atom is -0.394 e. The van der Waals surface area contributed by atoms with Crippen molar-refractivity contribution in [2.45, 2.75) is 76.2 Å². The summed E-state index contributed by atoms with van der Waals surface area (Å²) in [6, 6.07) is 8.52. The lowest BCUT2D eigenvalue weighted by Gasteiger charge is -2.46. The number of aliphatic hydroxyl groups excluding tert-OH is 2. The van der Waals surface area contributed by atoms with Crippen molar-refractivity contribution in [1.82, 2.24) is 0 Å². The first-order valence-corrected chi connectivity index (χ1v) is 12.3. The van der Waals surface area contributed by atoms with Crippen molar-refractivity contribution in [3.8, 4) is 0 Å². The van der Waals surface area contributed by atoms with Gasteiger partial charge in [-0.15, -0.1) is 0 Å². The van der Waals surface area contributed by atoms with Gasteiger partial charge in [0.15, 0.2) is 14.6 Å². The lowest BCUT2D eigenvalue weighted by atomic mass is 9.97. The number of azide groups is 1. The Kier molecular flexibility index (Phi) is 7.63. The molecule has 28 heavy (non-hydrogen) atoms. The zero-order valence-corrected chi connectivity index (χ0v) is 18.1. The quantitative estimate of drug-likeness (QED) is 0.310. The van der Waals surface area contributed by atoms with Crippen molar-refractivity contribution in [2.24, 2.45) is 5.11 Å². The monoisotopic (exact) mass is 409 g/mol. The van der Waals surface area contributed by atoms with E-state index in [9.17, 15) is 10.2 Å². The Morgan fingerprint density at radius 2 is 1.89 bits per heavy atom. The summed E-state index contributed by atoms with van der Waals surface area (Å²) in [4.78, 5) is 2.86. The van der Waals surface area contributed by atoms with Gasteiger partial charge in [-0.25, -0.2) is 0 Å². The van der Waals surface area contributed by atoms with Crippen LogP contribution in [-0.2, 0) is 20.5 Å². The Bertz CT molecular complexity index is 676. The van der Waals surface area contributed by atoms with E-state index < -0.39 is 39.0 Å². The number of rotatable bonds is 7. The molecule has 1 saturated heterocycles. The first kappa shape index (κ1) is 22.8. The van der Waals surface area contributed by atoms with E-state index in [0.29, 0.717) is 0 Å². The topological polar surface area (TPSA) is 117 Å². The van der Waals surface area contributed by atoms with Crippen LogP contribution in [-0.4, -0.2) is 55.8 Å². The van der Waals surface area contributed by atoms with Gasteiger partial charge in [-0.3, -0.25) is 0 Å².